The number of anilines is 1. The van der Waals surface area contributed by atoms with Gasteiger partial charge in [-0.1, -0.05) is 50.1 Å². The first-order valence-corrected chi connectivity index (χ1v) is 6.19. The summed E-state index contributed by atoms with van der Waals surface area (Å²) >= 11 is 6.67. The normalized spacial score (nSPS) is 12.5. The number of hydrogen-bond acceptors (Lipinski definition) is 2. The highest BCUT2D eigenvalue weighted by Gasteiger charge is 2.16. The number of benzene rings is 1. The molecule has 0 amide bonds. The Morgan fingerprint density at radius 1 is 1.57 bits per heavy atom. The van der Waals surface area contributed by atoms with Crippen molar-refractivity contribution in [3.63, 3.8) is 0 Å². The molecule has 76 valence electrons. The van der Waals surface area contributed by atoms with Crippen molar-refractivity contribution in [2.45, 2.75) is 17.1 Å². The van der Waals surface area contributed by atoms with Gasteiger partial charge in [0.15, 0.2) is 0 Å². The Hall–Kier alpha value is -0.350. The number of hydrogen-bond donors (Lipinski definition) is 1. The Bertz CT molecular complexity index is 352. The number of nitrogens with two attached hydrogens (primary N) is 1. The maximum absolute atomic E-state index is 11.2. The van der Waals surface area contributed by atoms with Gasteiger partial charge < -0.3 is 5.73 Å². The second kappa shape index (κ2) is 4.94. The zero-order valence-electron chi connectivity index (χ0n) is 7.76. The van der Waals surface area contributed by atoms with Crippen molar-refractivity contribution in [3.8, 4) is 0 Å². The Morgan fingerprint density at radius 3 is 2.71 bits per heavy atom. The molecule has 0 aliphatic rings. The first kappa shape index (κ1) is 11.7. The van der Waals surface area contributed by atoms with Crippen LogP contribution < -0.4 is 5.73 Å². The number of carbonyl (C=O) groups excluding carboxylic acids is 1. The van der Waals surface area contributed by atoms with E-state index in [9.17, 15) is 4.79 Å². The summed E-state index contributed by atoms with van der Waals surface area (Å²) in [7, 11) is 0. The molecule has 0 saturated heterocycles. The lowest BCUT2D eigenvalue weighted by Gasteiger charge is -2.12. The highest BCUT2D eigenvalue weighted by molar-refractivity contribution is 9.09. The van der Waals surface area contributed by atoms with Gasteiger partial charge in [0.05, 0.1) is 4.83 Å². The van der Waals surface area contributed by atoms with Crippen molar-refractivity contribution in [2.75, 3.05) is 5.73 Å². The van der Waals surface area contributed by atoms with Crippen molar-refractivity contribution < 1.29 is 4.79 Å². The van der Waals surface area contributed by atoms with Gasteiger partial charge in [0.25, 0.3) is 0 Å². The van der Waals surface area contributed by atoms with Crippen LogP contribution >= 0.6 is 31.9 Å². The van der Waals surface area contributed by atoms with Gasteiger partial charge in [0.2, 0.25) is 0 Å². The van der Waals surface area contributed by atoms with E-state index in [2.05, 4.69) is 31.9 Å². The Balaban J connectivity index is 3.15. The first-order chi connectivity index (χ1) is 6.57. The van der Waals surface area contributed by atoms with E-state index in [-0.39, 0.29) is 10.6 Å². The molecule has 1 aromatic rings. The number of Topliss-reactive ketones (excluding diaryl/α,β-unsaturated/α-hetero) is 1. The predicted octanol–water partition coefficient (Wildman–Crippen LogP) is 3.19. The third kappa shape index (κ3) is 2.36. The van der Waals surface area contributed by atoms with Crippen molar-refractivity contribution in [2.24, 2.45) is 0 Å². The molecule has 0 radical (unpaired) electrons. The van der Waals surface area contributed by atoms with E-state index in [1.165, 1.54) is 0 Å². The van der Waals surface area contributed by atoms with Gasteiger partial charge in [-0.3, -0.25) is 4.79 Å². The van der Waals surface area contributed by atoms with E-state index in [0.717, 1.165) is 11.1 Å². The number of nitrogen functional groups attached to an aromatic ring is 1. The second-order valence-electron chi connectivity index (χ2n) is 3.03. The molecule has 4 heteroatoms. The van der Waals surface area contributed by atoms with Crippen molar-refractivity contribution in [1.82, 2.24) is 0 Å². The van der Waals surface area contributed by atoms with E-state index < -0.39 is 0 Å². The zero-order valence-corrected chi connectivity index (χ0v) is 10.9. The fourth-order valence-corrected chi connectivity index (χ4v) is 2.08. The molecule has 0 saturated carbocycles. The molecule has 0 spiro atoms. The minimum atomic E-state index is -0.304. The Labute approximate surface area is 100 Å². The Kier molecular flexibility index (Phi) is 4.13. The summed E-state index contributed by atoms with van der Waals surface area (Å²) in [5, 5.41) is 0.699. The highest BCUT2D eigenvalue weighted by Crippen LogP contribution is 2.31. The van der Waals surface area contributed by atoms with Gasteiger partial charge in [-0.05, 0) is 18.1 Å². The molecule has 0 bridgehead atoms. The number of halogens is 2. The van der Waals surface area contributed by atoms with Crippen LogP contribution in [-0.2, 0) is 10.1 Å². The number of carbonyl (C=O) groups is 1. The standard InChI is InChI=1S/C10H11Br2NO/c1-6(14)9(12)8-4-2-3-7(5-11)10(8)13/h2-4,9H,5,13H2,1H3. The summed E-state index contributed by atoms with van der Waals surface area (Å²) in [5.74, 6) is 0.0587. The molecule has 0 aromatic heterocycles. The van der Waals surface area contributed by atoms with Crippen molar-refractivity contribution in [1.29, 1.82) is 0 Å². The van der Waals surface area contributed by atoms with E-state index in [0.29, 0.717) is 11.0 Å². The topological polar surface area (TPSA) is 43.1 Å². The van der Waals surface area contributed by atoms with Crippen LogP contribution in [0.5, 0.6) is 0 Å². The molecular weight excluding hydrogens is 310 g/mol. The SMILES string of the molecule is CC(=O)C(Br)c1cccc(CBr)c1N. The van der Waals surface area contributed by atoms with E-state index in [1.54, 1.807) is 6.92 Å². The van der Waals surface area contributed by atoms with Gasteiger partial charge in [-0.2, -0.15) is 0 Å². The summed E-state index contributed by atoms with van der Waals surface area (Å²) < 4.78 is 0. The van der Waals surface area contributed by atoms with Crippen LogP contribution in [0, 0.1) is 0 Å². The lowest BCUT2D eigenvalue weighted by Crippen LogP contribution is -2.06. The van der Waals surface area contributed by atoms with E-state index in [1.807, 2.05) is 18.2 Å². The number of alkyl halides is 2. The fourth-order valence-electron chi connectivity index (χ4n) is 1.19. The largest absolute Gasteiger partial charge is 0.398 e. The average Bonchev–Trinajstić information content (AvgIpc) is 2.17. The smallest absolute Gasteiger partial charge is 0.147 e. The van der Waals surface area contributed by atoms with Crippen molar-refractivity contribution >= 4 is 43.3 Å². The van der Waals surface area contributed by atoms with Gasteiger partial charge in [0.1, 0.15) is 5.78 Å². The molecule has 0 fully saturated rings. The van der Waals surface area contributed by atoms with Crippen LogP contribution in [0.1, 0.15) is 22.9 Å². The Morgan fingerprint density at radius 2 is 2.21 bits per heavy atom. The van der Waals surface area contributed by atoms with Gasteiger partial charge >= 0.3 is 0 Å². The van der Waals surface area contributed by atoms with Crippen LogP contribution in [-0.4, -0.2) is 5.78 Å². The number of ketones is 1. The highest BCUT2D eigenvalue weighted by atomic mass is 79.9. The van der Waals surface area contributed by atoms with Crippen LogP contribution in [0.3, 0.4) is 0 Å². The van der Waals surface area contributed by atoms with Gasteiger partial charge in [-0.15, -0.1) is 0 Å². The maximum atomic E-state index is 11.2. The van der Waals surface area contributed by atoms with Gasteiger partial charge in [-0.25, -0.2) is 0 Å². The summed E-state index contributed by atoms with van der Waals surface area (Å²) in [6.45, 7) is 1.54. The third-order valence-electron chi connectivity index (χ3n) is 2.00. The molecule has 2 nitrogen and oxygen atoms in total. The first-order valence-electron chi connectivity index (χ1n) is 4.15. The molecule has 2 N–H and O–H groups in total. The quantitative estimate of drug-likeness (QED) is 0.686. The molecule has 0 aliphatic carbocycles. The summed E-state index contributed by atoms with van der Waals surface area (Å²) in [4.78, 5) is 10.9. The summed E-state index contributed by atoms with van der Waals surface area (Å²) in [6.07, 6.45) is 0. The molecule has 14 heavy (non-hydrogen) atoms. The van der Waals surface area contributed by atoms with Crippen LogP contribution in [0.4, 0.5) is 5.69 Å². The lowest BCUT2D eigenvalue weighted by atomic mass is 10.0. The molecule has 1 rings (SSSR count). The minimum absolute atomic E-state index is 0.0587. The van der Waals surface area contributed by atoms with Crippen LogP contribution in [0.2, 0.25) is 0 Å². The second-order valence-corrected chi connectivity index (χ2v) is 4.50. The lowest BCUT2D eigenvalue weighted by molar-refractivity contribution is -0.116. The predicted molar refractivity (Wildman–Crippen MR) is 65.8 cm³/mol. The van der Waals surface area contributed by atoms with Crippen LogP contribution in [0.15, 0.2) is 18.2 Å². The fraction of sp³-hybridized carbons (Fsp3) is 0.300. The molecule has 1 aromatic carbocycles. The van der Waals surface area contributed by atoms with Crippen LogP contribution in [0.25, 0.3) is 0 Å². The number of para-hydroxylation sites is 1. The minimum Gasteiger partial charge on any atom is -0.398 e. The molecule has 1 atom stereocenters. The molecular formula is C10H11Br2NO. The third-order valence-corrected chi connectivity index (χ3v) is 3.75. The zero-order chi connectivity index (χ0) is 10.7. The van der Waals surface area contributed by atoms with Crippen molar-refractivity contribution in [3.05, 3.63) is 29.3 Å². The van der Waals surface area contributed by atoms with E-state index in [4.69, 9.17) is 5.73 Å². The average molecular weight is 321 g/mol. The summed E-state index contributed by atoms with van der Waals surface area (Å²) in [5.41, 5.74) is 8.45. The van der Waals surface area contributed by atoms with E-state index >= 15 is 0 Å². The maximum Gasteiger partial charge on any atom is 0.147 e. The number of rotatable bonds is 3. The molecule has 0 aliphatic heterocycles. The van der Waals surface area contributed by atoms with Gasteiger partial charge in [0, 0.05) is 11.0 Å². The monoisotopic (exact) mass is 319 g/mol. The molecule has 0 heterocycles. The summed E-state index contributed by atoms with van der Waals surface area (Å²) in [6, 6.07) is 5.70. The molecule has 1 unspecified atom stereocenters.